The van der Waals surface area contributed by atoms with Crippen LogP contribution in [-0.2, 0) is 36.7 Å². The average Bonchev–Trinajstić information content (AvgIpc) is 3.32. The van der Waals surface area contributed by atoms with E-state index in [0.717, 1.165) is 18.7 Å². The van der Waals surface area contributed by atoms with Crippen LogP contribution in [0.5, 0.6) is 0 Å². The van der Waals surface area contributed by atoms with Crippen LogP contribution in [0.15, 0.2) is 61.7 Å². The van der Waals surface area contributed by atoms with Crippen LogP contribution in [0.25, 0.3) is 0 Å². The van der Waals surface area contributed by atoms with Gasteiger partial charge in [-0.2, -0.15) is 0 Å². The van der Waals surface area contributed by atoms with Crippen molar-refractivity contribution >= 4 is 27.2 Å². The van der Waals surface area contributed by atoms with Crippen LogP contribution in [-0.4, -0.2) is 22.3 Å². The predicted octanol–water partition coefficient (Wildman–Crippen LogP) is 8.79. The fourth-order valence-corrected chi connectivity index (χ4v) is 3.86. The van der Waals surface area contributed by atoms with Gasteiger partial charge < -0.3 is 9.47 Å². The monoisotopic (exact) mass is 678 g/mol. The van der Waals surface area contributed by atoms with Gasteiger partial charge in [-0.05, 0) is 6.07 Å². The van der Waals surface area contributed by atoms with E-state index in [1.54, 1.807) is 0 Å². The zero-order valence-corrected chi connectivity index (χ0v) is 23.6. The Morgan fingerprint density at radius 2 is 1.12 bits per heavy atom. The van der Waals surface area contributed by atoms with Gasteiger partial charge in [-0.15, -0.1) is 0 Å². The Balaban J connectivity index is 0.000000349. The summed E-state index contributed by atoms with van der Waals surface area (Å²) in [6.07, 6.45) is 12.0. The van der Waals surface area contributed by atoms with E-state index in [2.05, 4.69) is 34.2 Å². The summed E-state index contributed by atoms with van der Waals surface area (Å²) in [6, 6.07) is 7.69. The summed E-state index contributed by atoms with van der Waals surface area (Å²) < 4.78 is 139. The van der Waals surface area contributed by atoms with Gasteiger partial charge in [0.2, 0.25) is 12.7 Å². The molecule has 0 atom stereocenters. The number of aryl methyl sites for hydroxylation is 2. The van der Waals surface area contributed by atoms with Crippen LogP contribution in [0, 0.1) is 5.41 Å². The van der Waals surface area contributed by atoms with Crippen molar-refractivity contribution in [1.82, 2.24) is 9.13 Å². The molecule has 3 heterocycles. The Kier molecular flexibility index (Phi) is 8.77. The first-order valence-electron chi connectivity index (χ1n) is 11.1. The van der Waals surface area contributed by atoms with Gasteiger partial charge in [0.1, 0.15) is 37.9 Å². The van der Waals surface area contributed by atoms with E-state index in [4.69, 9.17) is 21.1 Å². The van der Waals surface area contributed by atoms with Crippen LogP contribution in [0.2, 0.25) is 5.02 Å². The molecule has 238 valence electrons. The molecule has 3 aromatic rings. The minimum absolute atomic E-state index is 0.171. The van der Waals surface area contributed by atoms with E-state index in [1.807, 2.05) is 59.9 Å². The first-order valence-corrected chi connectivity index (χ1v) is 15.5. The number of halogens is 13. The van der Waals surface area contributed by atoms with Gasteiger partial charge in [-0.25, -0.2) is 18.3 Å². The van der Waals surface area contributed by atoms with Crippen LogP contribution >= 0.6 is 27.2 Å². The predicted molar refractivity (Wildman–Crippen MR) is 127 cm³/mol. The van der Waals surface area contributed by atoms with Crippen molar-refractivity contribution < 1.29 is 69.0 Å². The second kappa shape index (κ2) is 10.2. The summed E-state index contributed by atoms with van der Waals surface area (Å²) in [6.45, 7) is 2.80. The van der Waals surface area contributed by atoms with Gasteiger partial charge in [0.25, 0.3) is 0 Å². The van der Waals surface area contributed by atoms with E-state index in [0.29, 0.717) is 18.2 Å². The van der Waals surface area contributed by atoms with Crippen molar-refractivity contribution in [1.29, 1.82) is 0 Å². The maximum absolute atomic E-state index is 10.7. The number of rotatable bonds is 5. The second-order valence-corrected chi connectivity index (χ2v) is 13.6. The molecule has 4 rings (SSSR count). The van der Waals surface area contributed by atoms with Crippen molar-refractivity contribution in [3.8, 4) is 0 Å². The fourth-order valence-electron chi connectivity index (χ4n) is 3.64. The molecular weight excluding hydrogens is 654 g/mol. The van der Waals surface area contributed by atoms with Gasteiger partial charge in [0, 0.05) is 10.6 Å². The first-order chi connectivity index (χ1) is 17.9. The van der Waals surface area contributed by atoms with Gasteiger partial charge in [0.15, 0.2) is 6.29 Å². The molecular formula is C20H25ClF12N4O2P2. The van der Waals surface area contributed by atoms with Crippen molar-refractivity contribution in [2.75, 3.05) is 13.2 Å². The average molecular weight is 679 g/mol. The van der Waals surface area contributed by atoms with E-state index in [1.165, 1.54) is 0 Å². The molecule has 0 saturated carbocycles. The summed E-state index contributed by atoms with van der Waals surface area (Å²) in [5.41, 5.74) is 0.711. The first kappa shape index (κ1) is 35.1. The molecule has 1 aliphatic heterocycles. The standard InChI is InChI=1S/C20H25ClN4O2.2F6P/c1-22-7-9-24(15-22)11-20(12-25-10-8-23(2)16-25)13-26-19(27-14-20)17-5-3-4-6-18(17)21;2*1-7(2,3,4,5)6/h3-10,15-16,19H,11-14H2,1-2H3;;/q+2;2*-1. The Morgan fingerprint density at radius 1 is 0.756 bits per heavy atom. The van der Waals surface area contributed by atoms with Crippen LogP contribution in [0.4, 0.5) is 50.4 Å². The SMILES string of the molecule is C[n+]1ccn(CC2(Cn3cc[n+](C)c3)COC(c3ccccc3Cl)OC2)c1.F[P-](F)(F)(F)(F)F.F[P-](F)(F)(F)(F)F. The molecule has 0 unspecified atom stereocenters. The van der Waals surface area contributed by atoms with Gasteiger partial charge in [-0.1, -0.05) is 29.8 Å². The van der Waals surface area contributed by atoms with E-state index >= 15 is 0 Å². The Morgan fingerprint density at radius 3 is 1.44 bits per heavy atom. The van der Waals surface area contributed by atoms with Gasteiger partial charge in [0.05, 0.1) is 32.7 Å². The third kappa shape index (κ3) is 17.4. The number of nitrogens with zero attached hydrogens (tertiary/aromatic N) is 4. The summed E-state index contributed by atoms with van der Waals surface area (Å²) in [4.78, 5) is 0. The van der Waals surface area contributed by atoms with Gasteiger partial charge in [-0.3, -0.25) is 0 Å². The molecule has 0 radical (unpaired) electrons. The quantitative estimate of drug-likeness (QED) is 0.154. The Bertz CT molecular complexity index is 1240. The Labute approximate surface area is 230 Å². The van der Waals surface area contributed by atoms with Crippen LogP contribution in [0.1, 0.15) is 11.9 Å². The van der Waals surface area contributed by atoms with Crippen LogP contribution in [0.3, 0.4) is 0 Å². The summed E-state index contributed by atoms with van der Waals surface area (Å²) in [5, 5.41) is 0.671. The third-order valence-corrected chi connectivity index (χ3v) is 5.27. The van der Waals surface area contributed by atoms with Crippen molar-refractivity contribution in [3.05, 3.63) is 72.3 Å². The van der Waals surface area contributed by atoms with Crippen LogP contribution < -0.4 is 9.13 Å². The molecule has 0 aliphatic carbocycles. The molecule has 1 saturated heterocycles. The number of benzene rings is 1. The number of imidazole rings is 2. The summed E-state index contributed by atoms with van der Waals surface area (Å²) in [7, 11) is -17.3. The minimum atomic E-state index is -10.7. The number of hydrogen-bond acceptors (Lipinski definition) is 2. The van der Waals surface area contributed by atoms with Crippen molar-refractivity contribution in [2.24, 2.45) is 19.5 Å². The summed E-state index contributed by atoms with van der Waals surface area (Å²) >= 11 is 6.32. The molecule has 41 heavy (non-hydrogen) atoms. The normalized spacial score (nSPS) is 19.3. The second-order valence-electron chi connectivity index (χ2n) is 9.39. The molecule has 0 spiro atoms. The maximum atomic E-state index is 9.87. The molecule has 1 aromatic carbocycles. The molecule has 2 aromatic heterocycles. The summed E-state index contributed by atoms with van der Waals surface area (Å²) in [5.74, 6) is 0. The number of hydrogen-bond donors (Lipinski definition) is 0. The van der Waals surface area contributed by atoms with E-state index in [9.17, 15) is 50.4 Å². The van der Waals surface area contributed by atoms with Crippen molar-refractivity contribution in [3.63, 3.8) is 0 Å². The van der Waals surface area contributed by atoms with E-state index in [-0.39, 0.29) is 5.41 Å². The topological polar surface area (TPSA) is 36.1 Å². The zero-order chi connectivity index (χ0) is 31.7. The van der Waals surface area contributed by atoms with Crippen molar-refractivity contribution in [2.45, 2.75) is 19.4 Å². The molecule has 1 fully saturated rings. The molecule has 21 heteroatoms. The molecule has 1 aliphatic rings. The zero-order valence-electron chi connectivity index (χ0n) is 21.1. The van der Waals surface area contributed by atoms with E-state index < -0.39 is 21.9 Å². The number of aromatic nitrogens is 4. The Hall–Kier alpha value is -2.13. The molecule has 0 N–H and O–H groups in total. The molecule has 0 amide bonds. The molecule has 6 nitrogen and oxygen atoms in total. The van der Waals surface area contributed by atoms with Gasteiger partial charge >= 0.3 is 66.0 Å². The third-order valence-electron chi connectivity index (χ3n) is 4.92. The fraction of sp³-hybridized carbons (Fsp3) is 0.400. The number of ether oxygens (including phenoxy) is 2. The molecule has 0 bridgehead atoms.